The van der Waals surface area contributed by atoms with Gasteiger partial charge in [-0.25, -0.2) is 4.98 Å². The molecular weight excluding hydrogens is 354 g/mol. The standard InChI is InChI=1S/C21H21N5O2/c1-27-16-8-6-14(7-9-16)20-24-21(28-25-20)26-12-10-15(11-13-26)19-22-17-4-2-3-5-18(17)23-19/h2-9,15H,10-13H2,1H3,(H,22,23). The van der Waals surface area contributed by atoms with E-state index >= 15 is 0 Å². The van der Waals surface area contributed by atoms with Gasteiger partial charge in [-0.2, -0.15) is 4.98 Å². The number of aromatic nitrogens is 4. The van der Waals surface area contributed by atoms with Crippen molar-refractivity contribution in [2.45, 2.75) is 18.8 Å². The highest BCUT2D eigenvalue weighted by atomic mass is 16.5. The molecule has 0 atom stereocenters. The molecule has 2 aromatic heterocycles. The van der Waals surface area contributed by atoms with Crippen molar-refractivity contribution in [2.75, 3.05) is 25.1 Å². The van der Waals surface area contributed by atoms with Gasteiger partial charge in [-0.3, -0.25) is 0 Å². The second kappa shape index (κ2) is 6.99. The van der Waals surface area contributed by atoms with E-state index in [1.807, 2.05) is 42.5 Å². The molecule has 4 aromatic rings. The molecule has 0 aliphatic carbocycles. The van der Waals surface area contributed by atoms with Gasteiger partial charge in [0, 0.05) is 24.6 Å². The Morgan fingerprint density at radius 3 is 2.57 bits per heavy atom. The van der Waals surface area contributed by atoms with Crippen LogP contribution in [0.1, 0.15) is 24.6 Å². The monoisotopic (exact) mass is 375 g/mol. The average molecular weight is 375 g/mol. The molecule has 0 amide bonds. The number of ether oxygens (including phenoxy) is 1. The number of anilines is 1. The molecule has 7 heteroatoms. The van der Waals surface area contributed by atoms with Crippen LogP contribution < -0.4 is 9.64 Å². The van der Waals surface area contributed by atoms with Crippen molar-refractivity contribution in [1.29, 1.82) is 0 Å². The molecule has 142 valence electrons. The number of imidazole rings is 1. The zero-order valence-corrected chi connectivity index (χ0v) is 15.6. The number of benzene rings is 2. The Morgan fingerprint density at radius 1 is 1.04 bits per heavy atom. The highest BCUT2D eigenvalue weighted by Crippen LogP contribution is 2.30. The van der Waals surface area contributed by atoms with Crippen LogP contribution in [0.15, 0.2) is 53.1 Å². The summed E-state index contributed by atoms with van der Waals surface area (Å²) < 4.78 is 10.7. The lowest BCUT2D eigenvalue weighted by atomic mass is 9.96. The quantitative estimate of drug-likeness (QED) is 0.581. The summed E-state index contributed by atoms with van der Waals surface area (Å²) in [4.78, 5) is 14.9. The van der Waals surface area contributed by atoms with Crippen LogP contribution in [-0.2, 0) is 0 Å². The van der Waals surface area contributed by atoms with Crippen molar-refractivity contribution in [3.63, 3.8) is 0 Å². The van der Waals surface area contributed by atoms with Gasteiger partial charge in [0.2, 0.25) is 5.82 Å². The van der Waals surface area contributed by atoms with E-state index < -0.39 is 0 Å². The molecule has 3 heterocycles. The number of methoxy groups -OCH3 is 1. The van der Waals surface area contributed by atoms with Crippen LogP contribution in [0.25, 0.3) is 22.4 Å². The maximum Gasteiger partial charge on any atom is 0.324 e. The zero-order chi connectivity index (χ0) is 18.9. The van der Waals surface area contributed by atoms with Crippen LogP contribution in [0.5, 0.6) is 5.75 Å². The molecule has 0 bridgehead atoms. The maximum atomic E-state index is 5.51. The first-order valence-corrected chi connectivity index (χ1v) is 9.48. The van der Waals surface area contributed by atoms with Crippen molar-refractivity contribution < 1.29 is 9.26 Å². The Kier molecular flexibility index (Phi) is 4.20. The first kappa shape index (κ1) is 16.8. The van der Waals surface area contributed by atoms with E-state index in [9.17, 15) is 0 Å². The third-order valence-corrected chi connectivity index (χ3v) is 5.32. The molecule has 1 aliphatic rings. The van der Waals surface area contributed by atoms with Gasteiger partial charge >= 0.3 is 6.01 Å². The summed E-state index contributed by atoms with van der Waals surface area (Å²) in [5.74, 6) is 2.90. The Morgan fingerprint density at radius 2 is 1.82 bits per heavy atom. The molecule has 0 saturated carbocycles. The fourth-order valence-electron chi connectivity index (χ4n) is 3.71. The topological polar surface area (TPSA) is 80.1 Å². The molecule has 1 fully saturated rings. The molecule has 28 heavy (non-hydrogen) atoms. The molecule has 7 nitrogen and oxygen atoms in total. The average Bonchev–Trinajstić information content (AvgIpc) is 3.41. The second-order valence-corrected chi connectivity index (χ2v) is 7.03. The predicted octanol–water partition coefficient (Wildman–Crippen LogP) is 4.01. The van der Waals surface area contributed by atoms with Gasteiger partial charge in [-0.05, 0) is 49.2 Å². The van der Waals surface area contributed by atoms with Gasteiger partial charge in [-0.1, -0.05) is 17.3 Å². The predicted molar refractivity (Wildman–Crippen MR) is 107 cm³/mol. The van der Waals surface area contributed by atoms with Crippen molar-refractivity contribution >= 4 is 17.0 Å². The highest BCUT2D eigenvalue weighted by Gasteiger charge is 2.26. The van der Waals surface area contributed by atoms with Gasteiger partial charge in [0.25, 0.3) is 0 Å². The van der Waals surface area contributed by atoms with E-state index in [1.54, 1.807) is 7.11 Å². The Balaban J connectivity index is 1.27. The smallest absolute Gasteiger partial charge is 0.324 e. The fraction of sp³-hybridized carbons (Fsp3) is 0.286. The highest BCUT2D eigenvalue weighted by molar-refractivity contribution is 5.74. The molecule has 1 N–H and O–H groups in total. The third kappa shape index (κ3) is 3.09. The number of hydrogen-bond donors (Lipinski definition) is 1. The zero-order valence-electron chi connectivity index (χ0n) is 15.6. The van der Waals surface area contributed by atoms with E-state index in [1.165, 1.54) is 0 Å². The van der Waals surface area contributed by atoms with E-state index in [4.69, 9.17) is 14.2 Å². The Labute approximate surface area is 162 Å². The van der Waals surface area contributed by atoms with Crippen LogP contribution in [-0.4, -0.2) is 40.3 Å². The normalized spacial score (nSPS) is 15.2. The van der Waals surface area contributed by atoms with Crippen molar-refractivity contribution in [2.24, 2.45) is 0 Å². The van der Waals surface area contributed by atoms with E-state index in [-0.39, 0.29) is 0 Å². The summed E-state index contributed by atoms with van der Waals surface area (Å²) in [5, 5.41) is 4.14. The third-order valence-electron chi connectivity index (χ3n) is 5.32. The number of nitrogens with one attached hydrogen (secondary N) is 1. The van der Waals surface area contributed by atoms with Crippen LogP contribution >= 0.6 is 0 Å². The van der Waals surface area contributed by atoms with Crippen LogP contribution in [0, 0.1) is 0 Å². The number of aromatic amines is 1. The SMILES string of the molecule is COc1ccc(-c2noc(N3CCC(c4nc5ccccc5[nH]4)CC3)n2)cc1. The Hall–Kier alpha value is -3.35. The number of fused-ring (bicyclic) bond motifs is 1. The molecule has 2 aromatic carbocycles. The summed E-state index contributed by atoms with van der Waals surface area (Å²) in [7, 11) is 1.65. The van der Waals surface area contributed by atoms with Gasteiger partial charge in [0.1, 0.15) is 11.6 Å². The molecular formula is C21H21N5O2. The summed E-state index contributed by atoms with van der Waals surface area (Å²) in [6.45, 7) is 1.73. The summed E-state index contributed by atoms with van der Waals surface area (Å²) in [6.07, 6.45) is 2.00. The van der Waals surface area contributed by atoms with Gasteiger partial charge in [0.05, 0.1) is 18.1 Å². The number of rotatable bonds is 4. The molecule has 0 spiro atoms. The lowest BCUT2D eigenvalue weighted by Gasteiger charge is -2.29. The maximum absolute atomic E-state index is 5.51. The largest absolute Gasteiger partial charge is 0.497 e. The first-order chi connectivity index (χ1) is 13.8. The van der Waals surface area contributed by atoms with E-state index in [0.29, 0.717) is 17.8 Å². The van der Waals surface area contributed by atoms with Gasteiger partial charge in [0.15, 0.2) is 0 Å². The van der Waals surface area contributed by atoms with Crippen molar-refractivity contribution in [1.82, 2.24) is 20.1 Å². The number of nitrogens with zero attached hydrogens (tertiary/aromatic N) is 4. The minimum Gasteiger partial charge on any atom is -0.497 e. The lowest BCUT2D eigenvalue weighted by Crippen LogP contribution is -2.33. The first-order valence-electron chi connectivity index (χ1n) is 9.48. The fourth-order valence-corrected chi connectivity index (χ4v) is 3.71. The summed E-state index contributed by atoms with van der Waals surface area (Å²) in [5.41, 5.74) is 3.04. The minimum absolute atomic E-state index is 0.424. The van der Waals surface area contributed by atoms with Crippen LogP contribution in [0.2, 0.25) is 0 Å². The number of H-pyrrole nitrogens is 1. The molecule has 0 radical (unpaired) electrons. The molecule has 1 saturated heterocycles. The lowest BCUT2D eigenvalue weighted by molar-refractivity contribution is 0.392. The summed E-state index contributed by atoms with van der Waals surface area (Å²) in [6, 6.07) is 16.4. The molecule has 1 aliphatic heterocycles. The van der Waals surface area contributed by atoms with E-state index in [0.717, 1.165) is 54.1 Å². The van der Waals surface area contributed by atoms with Crippen LogP contribution in [0.4, 0.5) is 6.01 Å². The van der Waals surface area contributed by atoms with Gasteiger partial charge < -0.3 is 19.1 Å². The van der Waals surface area contributed by atoms with Crippen LogP contribution in [0.3, 0.4) is 0 Å². The number of piperidine rings is 1. The van der Waals surface area contributed by atoms with E-state index in [2.05, 4.69) is 26.1 Å². The molecule has 5 rings (SSSR count). The Bertz CT molecular complexity index is 1040. The van der Waals surface area contributed by atoms with Gasteiger partial charge in [-0.15, -0.1) is 0 Å². The van der Waals surface area contributed by atoms with Crippen molar-refractivity contribution in [3.05, 3.63) is 54.4 Å². The summed E-state index contributed by atoms with van der Waals surface area (Å²) >= 11 is 0. The molecule has 0 unspecified atom stereocenters. The van der Waals surface area contributed by atoms with Crippen molar-refractivity contribution in [3.8, 4) is 17.1 Å². The number of para-hydroxylation sites is 2. The second-order valence-electron chi connectivity index (χ2n) is 7.03. The minimum atomic E-state index is 0.424. The number of hydrogen-bond acceptors (Lipinski definition) is 6.